The second-order valence-corrected chi connectivity index (χ2v) is 8.34. The molecular formula is C17H34N2O4S. The van der Waals surface area contributed by atoms with E-state index in [0.29, 0.717) is 12.3 Å². The Morgan fingerprint density at radius 3 is 2.62 bits per heavy atom. The molecule has 2 aliphatic heterocycles. The maximum absolute atomic E-state index is 10.4. The maximum atomic E-state index is 10.4. The third-order valence-electron chi connectivity index (χ3n) is 5.33. The smallest absolute Gasteiger partial charge is 0.108 e. The van der Waals surface area contributed by atoms with Gasteiger partial charge in [-0.1, -0.05) is 13.3 Å². The van der Waals surface area contributed by atoms with E-state index in [9.17, 15) is 15.3 Å². The van der Waals surface area contributed by atoms with Gasteiger partial charge >= 0.3 is 0 Å². The third-order valence-corrected chi connectivity index (χ3v) is 6.16. The summed E-state index contributed by atoms with van der Waals surface area (Å²) in [6.45, 7) is 4.96. The zero-order valence-corrected chi connectivity index (χ0v) is 16.1. The van der Waals surface area contributed by atoms with Crippen LogP contribution in [0.2, 0.25) is 0 Å². The van der Waals surface area contributed by atoms with Crippen molar-refractivity contribution in [2.75, 3.05) is 19.8 Å². The van der Waals surface area contributed by atoms with Crippen LogP contribution in [0.25, 0.3) is 0 Å². The molecule has 0 radical (unpaired) electrons. The third kappa shape index (κ3) is 4.84. The van der Waals surface area contributed by atoms with E-state index in [1.165, 1.54) is 24.6 Å². The molecule has 0 aromatic rings. The van der Waals surface area contributed by atoms with Gasteiger partial charge in [-0.15, -0.1) is 11.8 Å². The Morgan fingerprint density at radius 1 is 1.33 bits per heavy atom. The zero-order chi connectivity index (χ0) is 17.9. The number of likely N-dealkylation sites (tertiary alicyclic amines) is 1. The molecule has 0 aliphatic carbocycles. The van der Waals surface area contributed by atoms with Gasteiger partial charge in [0.1, 0.15) is 17.6 Å². The van der Waals surface area contributed by atoms with Crippen molar-refractivity contribution < 1.29 is 20.1 Å². The standard InChI is InChI=1S/C17H34N2O4S/c1-5-6-11-7-13(19(3)9-11)18-15(10(2)20)17-16(22)12(21)8-14(23-17)24-4/h10-18,20-22H,5-9H2,1-4H3/t10-,11-,12-,13+,14-,15-,16-,17-/m1/s1. The van der Waals surface area contributed by atoms with E-state index in [4.69, 9.17) is 4.74 Å². The Bertz CT molecular complexity index is 388. The average molecular weight is 363 g/mol. The highest BCUT2D eigenvalue weighted by Crippen LogP contribution is 2.30. The minimum absolute atomic E-state index is 0.156. The number of nitrogens with one attached hydrogen (secondary N) is 1. The van der Waals surface area contributed by atoms with Crippen LogP contribution in [-0.2, 0) is 4.74 Å². The maximum Gasteiger partial charge on any atom is 0.108 e. The number of rotatable bonds is 7. The summed E-state index contributed by atoms with van der Waals surface area (Å²) in [5, 5.41) is 34.3. The van der Waals surface area contributed by atoms with Gasteiger partial charge in [0.25, 0.3) is 0 Å². The van der Waals surface area contributed by atoms with E-state index in [0.717, 1.165) is 13.0 Å². The Kier molecular flexibility index (Phi) is 7.80. The van der Waals surface area contributed by atoms with Crippen molar-refractivity contribution in [1.82, 2.24) is 10.2 Å². The highest BCUT2D eigenvalue weighted by atomic mass is 32.2. The van der Waals surface area contributed by atoms with Gasteiger partial charge < -0.3 is 20.1 Å². The molecule has 2 rings (SSSR count). The molecular weight excluding hydrogens is 328 g/mol. The van der Waals surface area contributed by atoms with Gasteiger partial charge in [0.2, 0.25) is 0 Å². The molecule has 2 aliphatic rings. The summed E-state index contributed by atoms with van der Waals surface area (Å²) in [6.07, 6.45) is 2.80. The van der Waals surface area contributed by atoms with E-state index >= 15 is 0 Å². The van der Waals surface area contributed by atoms with Crippen LogP contribution in [0.1, 0.15) is 39.5 Å². The topological polar surface area (TPSA) is 85.2 Å². The molecule has 0 unspecified atom stereocenters. The molecule has 142 valence electrons. The molecule has 24 heavy (non-hydrogen) atoms. The van der Waals surface area contributed by atoms with Crippen molar-refractivity contribution >= 4 is 11.8 Å². The van der Waals surface area contributed by atoms with Gasteiger partial charge in [0, 0.05) is 13.0 Å². The Balaban J connectivity index is 2.05. The van der Waals surface area contributed by atoms with Gasteiger partial charge in [-0.05, 0) is 39.0 Å². The molecule has 7 heteroatoms. The molecule has 6 nitrogen and oxygen atoms in total. The molecule has 0 bridgehead atoms. The highest BCUT2D eigenvalue weighted by Gasteiger charge is 2.44. The number of thioether (sulfide) groups is 1. The summed E-state index contributed by atoms with van der Waals surface area (Å²) < 4.78 is 5.97. The largest absolute Gasteiger partial charge is 0.392 e. The van der Waals surface area contributed by atoms with E-state index < -0.39 is 30.5 Å². The Morgan fingerprint density at radius 2 is 2.04 bits per heavy atom. The predicted octanol–water partition coefficient (Wildman–Crippen LogP) is 0.603. The van der Waals surface area contributed by atoms with Crippen molar-refractivity contribution in [3.05, 3.63) is 0 Å². The fraction of sp³-hybridized carbons (Fsp3) is 1.00. The SMILES string of the molecule is CCC[C@@H]1C[C@@H](N[C@@H]([C@H]2O[C@H](SC)C[C@@H](O)[C@H]2O)[C@@H](C)O)N(C)C1. The molecule has 0 aromatic carbocycles. The van der Waals surface area contributed by atoms with Crippen LogP contribution in [0.15, 0.2) is 0 Å². The summed E-state index contributed by atoms with van der Waals surface area (Å²) in [6, 6.07) is -0.419. The Labute approximate surface area is 149 Å². The monoisotopic (exact) mass is 362 g/mol. The van der Waals surface area contributed by atoms with Gasteiger partial charge in [0.15, 0.2) is 0 Å². The number of hydrogen-bond donors (Lipinski definition) is 4. The van der Waals surface area contributed by atoms with Crippen LogP contribution >= 0.6 is 11.8 Å². The van der Waals surface area contributed by atoms with Gasteiger partial charge in [-0.2, -0.15) is 0 Å². The molecule has 2 fully saturated rings. The van der Waals surface area contributed by atoms with Crippen molar-refractivity contribution in [3.8, 4) is 0 Å². The number of ether oxygens (including phenoxy) is 1. The van der Waals surface area contributed by atoms with Crippen LogP contribution < -0.4 is 5.32 Å². The molecule has 2 heterocycles. The summed E-state index contributed by atoms with van der Waals surface area (Å²) in [5.74, 6) is 0.661. The lowest BCUT2D eigenvalue weighted by Gasteiger charge is -2.43. The average Bonchev–Trinajstić information content (AvgIpc) is 2.87. The van der Waals surface area contributed by atoms with Crippen molar-refractivity contribution in [3.63, 3.8) is 0 Å². The molecule has 4 N–H and O–H groups in total. The first kappa shape index (κ1) is 20.4. The van der Waals surface area contributed by atoms with Crippen molar-refractivity contribution in [1.29, 1.82) is 0 Å². The molecule has 0 aromatic heterocycles. The first-order valence-electron chi connectivity index (χ1n) is 9.06. The molecule has 2 saturated heterocycles. The second-order valence-electron chi connectivity index (χ2n) is 7.34. The van der Waals surface area contributed by atoms with Crippen LogP contribution in [-0.4, -0.2) is 82.1 Å². The van der Waals surface area contributed by atoms with Crippen molar-refractivity contribution in [2.24, 2.45) is 5.92 Å². The fourth-order valence-electron chi connectivity index (χ4n) is 3.96. The van der Waals surface area contributed by atoms with Crippen LogP contribution in [0.5, 0.6) is 0 Å². The first-order valence-corrected chi connectivity index (χ1v) is 10.3. The number of nitrogens with zero attached hydrogens (tertiary/aromatic N) is 1. The van der Waals surface area contributed by atoms with E-state index in [2.05, 4.69) is 24.2 Å². The Hall–Kier alpha value is 0.110. The van der Waals surface area contributed by atoms with E-state index in [1.807, 2.05) is 6.26 Å². The first-order chi connectivity index (χ1) is 11.4. The fourth-order valence-corrected chi connectivity index (χ4v) is 4.59. The quantitative estimate of drug-likeness (QED) is 0.528. The molecule has 0 spiro atoms. The lowest BCUT2D eigenvalue weighted by Crippen LogP contribution is -2.62. The summed E-state index contributed by atoms with van der Waals surface area (Å²) in [4.78, 5) is 2.27. The van der Waals surface area contributed by atoms with Crippen LogP contribution in [0.3, 0.4) is 0 Å². The summed E-state index contributed by atoms with van der Waals surface area (Å²) in [5.41, 5.74) is -0.161. The predicted molar refractivity (Wildman–Crippen MR) is 96.8 cm³/mol. The van der Waals surface area contributed by atoms with Crippen LogP contribution in [0, 0.1) is 5.92 Å². The lowest BCUT2D eigenvalue weighted by molar-refractivity contribution is -0.166. The number of aliphatic hydroxyl groups is 3. The van der Waals surface area contributed by atoms with Gasteiger partial charge in [-0.3, -0.25) is 10.2 Å². The minimum atomic E-state index is -0.987. The normalized spacial score (nSPS) is 40.6. The van der Waals surface area contributed by atoms with E-state index in [-0.39, 0.29) is 11.6 Å². The molecule has 0 saturated carbocycles. The van der Waals surface area contributed by atoms with Crippen molar-refractivity contribution in [2.45, 2.75) is 81.6 Å². The minimum Gasteiger partial charge on any atom is -0.392 e. The molecule has 8 atom stereocenters. The summed E-state index contributed by atoms with van der Waals surface area (Å²) >= 11 is 1.52. The summed E-state index contributed by atoms with van der Waals surface area (Å²) in [7, 11) is 2.09. The number of aliphatic hydroxyl groups excluding tert-OH is 3. The lowest BCUT2D eigenvalue weighted by atomic mass is 9.93. The molecule has 0 amide bonds. The highest BCUT2D eigenvalue weighted by molar-refractivity contribution is 7.99. The van der Waals surface area contributed by atoms with E-state index in [1.54, 1.807) is 6.92 Å². The van der Waals surface area contributed by atoms with Gasteiger partial charge in [-0.25, -0.2) is 0 Å². The van der Waals surface area contributed by atoms with Crippen LogP contribution in [0.4, 0.5) is 0 Å². The van der Waals surface area contributed by atoms with Gasteiger partial charge in [0.05, 0.1) is 24.4 Å². The second kappa shape index (κ2) is 9.16. The number of hydrogen-bond acceptors (Lipinski definition) is 7. The zero-order valence-electron chi connectivity index (χ0n) is 15.3.